The molecule has 1 rings (SSSR count). The SMILES string of the molecule is CN1CCCC(/C(N)=N\OC(=O)C[NH])C1. The summed E-state index contributed by atoms with van der Waals surface area (Å²) in [5.41, 5.74) is 12.4. The number of oxime groups is 1. The van der Waals surface area contributed by atoms with Crippen LogP contribution in [0.2, 0.25) is 0 Å². The number of piperidine rings is 1. The van der Waals surface area contributed by atoms with Crippen LogP contribution in [0.3, 0.4) is 0 Å². The summed E-state index contributed by atoms with van der Waals surface area (Å²) in [5, 5.41) is 3.55. The Bertz CT molecular complexity index is 254. The Morgan fingerprint density at radius 2 is 2.47 bits per heavy atom. The average Bonchev–Trinajstić information content (AvgIpc) is 2.25. The summed E-state index contributed by atoms with van der Waals surface area (Å²) < 4.78 is 0. The van der Waals surface area contributed by atoms with Gasteiger partial charge >= 0.3 is 5.97 Å². The summed E-state index contributed by atoms with van der Waals surface area (Å²) >= 11 is 0. The van der Waals surface area contributed by atoms with E-state index >= 15 is 0 Å². The van der Waals surface area contributed by atoms with Crippen molar-refractivity contribution in [3.63, 3.8) is 0 Å². The van der Waals surface area contributed by atoms with Crippen LogP contribution in [0.5, 0.6) is 0 Å². The molecule has 0 saturated carbocycles. The van der Waals surface area contributed by atoms with Gasteiger partial charge in [-0.15, -0.1) is 0 Å². The maximum absolute atomic E-state index is 10.7. The summed E-state index contributed by atoms with van der Waals surface area (Å²) in [6.07, 6.45) is 2.04. The lowest BCUT2D eigenvalue weighted by Gasteiger charge is -2.28. The highest BCUT2D eigenvalue weighted by molar-refractivity contribution is 5.83. The molecule has 1 saturated heterocycles. The zero-order valence-electron chi connectivity index (χ0n) is 8.90. The van der Waals surface area contributed by atoms with E-state index in [2.05, 4.69) is 14.9 Å². The monoisotopic (exact) mass is 213 g/mol. The second-order valence-electron chi connectivity index (χ2n) is 3.76. The van der Waals surface area contributed by atoms with Gasteiger partial charge in [0.05, 0.1) is 0 Å². The number of rotatable bonds is 3. The molecule has 1 unspecified atom stereocenters. The van der Waals surface area contributed by atoms with E-state index in [4.69, 9.17) is 11.5 Å². The lowest BCUT2D eigenvalue weighted by molar-refractivity contribution is -0.142. The number of nitrogens with two attached hydrogens (primary N) is 1. The van der Waals surface area contributed by atoms with Crippen LogP contribution in [0, 0.1) is 5.92 Å². The summed E-state index contributed by atoms with van der Waals surface area (Å²) in [6.45, 7) is 1.48. The summed E-state index contributed by atoms with van der Waals surface area (Å²) in [4.78, 5) is 17.3. The number of nitrogens with one attached hydrogen (secondary N) is 1. The average molecular weight is 213 g/mol. The molecule has 6 heteroatoms. The summed E-state index contributed by atoms with van der Waals surface area (Å²) in [7, 11) is 2.02. The van der Waals surface area contributed by atoms with Crippen LogP contribution in [0.25, 0.3) is 0 Å². The number of amidine groups is 1. The minimum Gasteiger partial charge on any atom is -0.384 e. The molecule has 6 nitrogen and oxygen atoms in total. The van der Waals surface area contributed by atoms with Crippen LogP contribution < -0.4 is 11.5 Å². The number of carbonyl (C=O) groups excluding carboxylic acids is 1. The number of hydrogen-bond acceptors (Lipinski definition) is 4. The molecule has 1 radical (unpaired) electrons. The molecular weight excluding hydrogens is 196 g/mol. The fourth-order valence-electron chi connectivity index (χ4n) is 1.62. The van der Waals surface area contributed by atoms with Crippen molar-refractivity contribution in [1.82, 2.24) is 10.6 Å². The lowest BCUT2D eigenvalue weighted by atomic mass is 9.98. The topological polar surface area (TPSA) is 91.7 Å². The van der Waals surface area contributed by atoms with Crippen molar-refractivity contribution in [2.75, 3.05) is 26.7 Å². The number of hydrogen-bond donors (Lipinski definition) is 1. The Balaban J connectivity index is 2.44. The largest absolute Gasteiger partial charge is 0.384 e. The van der Waals surface area contributed by atoms with Crippen LogP contribution in [0.4, 0.5) is 0 Å². The highest BCUT2D eigenvalue weighted by Gasteiger charge is 2.21. The molecule has 15 heavy (non-hydrogen) atoms. The molecule has 0 amide bonds. The van der Waals surface area contributed by atoms with Crippen LogP contribution in [-0.4, -0.2) is 43.4 Å². The van der Waals surface area contributed by atoms with Gasteiger partial charge in [-0.25, -0.2) is 10.5 Å². The molecule has 0 bridgehead atoms. The molecule has 1 atom stereocenters. The van der Waals surface area contributed by atoms with E-state index in [1.165, 1.54) is 0 Å². The zero-order chi connectivity index (χ0) is 11.3. The van der Waals surface area contributed by atoms with Gasteiger partial charge in [0.15, 0.2) is 0 Å². The van der Waals surface area contributed by atoms with Crippen molar-refractivity contribution >= 4 is 11.8 Å². The van der Waals surface area contributed by atoms with Gasteiger partial charge < -0.3 is 15.5 Å². The maximum Gasteiger partial charge on any atom is 0.350 e. The van der Waals surface area contributed by atoms with Gasteiger partial charge in [0.1, 0.15) is 12.4 Å². The molecule has 3 N–H and O–H groups in total. The first-order valence-corrected chi connectivity index (χ1v) is 5.00. The third-order valence-corrected chi connectivity index (χ3v) is 2.44. The lowest BCUT2D eigenvalue weighted by Crippen LogP contribution is -2.39. The van der Waals surface area contributed by atoms with E-state index in [1.807, 2.05) is 7.05 Å². The first kappa shape index (κ1) is 11.9. The van der Waals surface area contributed by atoms with E-state index in [-0.39, 0.29) is 5.92 Å². The van der Waals surface area contributed by atoms with E-state index in [1.54, 1.807) is 0 Å². The Hall–Kier alpha value is -1.14. The normalized spacial score (nSPS) is 23.9. The highest BCUT2D eigenvalue weighted by atomic mass is 16.7. The smallest absolute Gasteiger partial charge is 0.350 e. The van der Waals surface area contributed by atoms with Crippen molar-refractivity contribution in [3.05, 3.63) is 0 Å². The van der Waals surface area contributed by atoms with Crippen molar-refractivity contribution in [2.45, 2.75) is 12.8 Å². The standard InChI is InChI=1S/C9H17N4O2/c1-13-4-2-3-7(6-13)9(11)12-15-8(14)5-10/h7,10H,2-6H2,1H3,(H2,11,12). The maximum atomic E-state index is 10.7. The van der Waals surface area contributed by atoms with Gasteiger partial charge in [-0.1, -0.05) is 5.16 Å². The molecule has 0 aromatic rings. The predicted octanol–water partition coefficient (Wildman–Crippen LogP) is -0.573. The Kier molecular flexibility index (Phi) is 4.51. The molecule has 0 aliphatic carbocycles. The number of likely N-dealkylation sites (tertiary alicyclic amines) is 1. The van der Waals surface area contributed by atoms with Crippen LogP contribution in [-0.2, 0) is 9.63 Å². The minimum absolute atomic E-state index is 0.155. The molecule has 0 aromatic carbocycles. The van der Waals surface area contributed by atoms with E-state index < -0.39 is 12.5 Å². The van der Waals surface area contributed by atoms with Crippen molar-refractivity contribution in [2.24, 2.45) is 16.8 Å². The number of nitrogens with zero attached hydrogens (tertiary/aromatic N) is 2. The van der Waals surface area contributed by atoms with Gasteiger partial charge in [-0.2, -0.15) is 0 Å². The van der Waals surface area contributed by atoms with Crippen molar-refractivity contribution < 1.29 is 9.63 Å². The fraction of sp³-hybridized carbons (Fsp3) is 0.778. The molecule has 1 fully saturated rings. The van der Waals surface area contributed by atoms with Crippen molar-refractivity contribution in [3.8, 4) is 0 Å². The molecule has 0 aromatic heterocycles. The highest BCUT2D eigenvalue weighted by Crippen LogP contribution is 2.14. The van der Waals surface area contributed by atoms with Crippen molar-refractivity contribution in [1.29, 1.82) is 0 Å². The first-order valence-electron chi connectivity index (χ1n) is 5.00. The third-order valence-electron chi connectivity index (χ3n) is 2.44. The van der Waals surface area contributed by atoms with Gasteiger partial charge in [-0.3, -0.25) is 0 Å². The number of carbonyl (C=O) groups is 1. The molecule has 1 aliphatic heterocycles. The zero-order valence-corrected chi connectivity index (χ0v) is 8.90. The van der Waals surface area contributed by atoms with Gasteiger partial charge in [0, 0.05) is 12.5 Å². The third kappa shape index (κ3) is 3.85. The van der Waals surface area contributed by atoms with Crippen LogP contribution in [0.1, 0.15) is 12.8 Å². The quantitative estimate of drug-likeness (QED) is 0.294. The molecule has 0 spiro atoms. The van der Waals surface area contributed by atoms with Gasteiger partial charge in [0.25, 0.3) is 0 Å². The molecule has 1 aliphatic rings. The second kappa shape index (κ2) is 5.67. The Morgan fingerprint density at radius 1 is 1.73 bits per heavy atom. The minimum atomic E-state index is -0.679. The predicted molar refractivity (Wildman–Crippen MR) is 55.9 cm³/mol. The first-order chi connectivity index (χ1) is 7.13. The molecular formula is C9H17N4O2. The summed E-state index contributed by atoms with van der Waals surface area (Å²) in [5.74, 6) is -0.173. The van der Waals surface area contributed by atoms with Gasteiger partial charge in [-0.05, 0) is 26.4 Å². The Labute approximate surface area is 89.2 Å². The summed E-state index contributed by atoms with van der Waals surface area (Å²) in [6, 6.07) is 0. The van der Waals surface area contributed by atoms with E-state index in [9.17, 15) is 4.79 Å². The fourth-order valence-corrected chi connectivity index (χ4v) is 1.62. The van der Waals surface area contributed by atoms with E-state index in [0.29, 0.717) is 5.84 Å². The van der Waals surface area contributed by atoms with Gasteiger partial charge in [0.2, 0.25) is 0 Å². The molecule has 85 valence electrons. The van der Waals surface area contributed by atoms with Crippen LogP contribution in [0.15, 0.2) is 5.16 Å². The molecule has 1 heterocycles. The Morgan fingerprint density at radius 3 is 3.07 bits per heavy atom. The van der Waals surface area contributed by atoms with E-state index in [0.717, 1.165) is 25.9 Å². The van der Waals surface area contributed by atoms with Crippen LogP contribution >= 0.6 is 0 Å². The second-order valence-corrected chi connectivity index (χ2v) is 3.76.